The summed E-state index contributed by atoms with van der Waals surface area (Å²) in [6.07, 6.45) is 0. The van der Waals surface area contributed by atoms with Gasteiger partial charge in [0.2, 0.25) is 0 Å². The first-order valence-electron chi connectivity index (χ1n) is 4.72. The third-order valence-corrected chi connectivity index (χ3v) is 3.83. The molecule has 3 rings (SSSR count). The van der Waals surface area contributed by atoms with Gasteiger partial charge in [0.25, 0.3) is 0 Å². The van der Waals surface area contributed by atoms with E-state index in [4.69, 9.17) is 11.6 Å². The molecular formula is C12H8ClNS. The normalized spacial score (nSPS) is 13.8. The molecule has 1 aliphatic rings. The molecule has 15 heavy (non-hydrogen) atoms. The van der Waals surface area contributed by atoms with Crippen LogP contribution in [0.5, 0.6) is 0 Å². The van der Waals surface area contributed by atoms with Crippen LogP contribution in [-0.4, -0.2) is 0 Å². The summed E-state index contributed by atoms with van der Waals surface area (Å²) in [6.45, 7) is 0.736. The van der Waals surface area contributed by atoms with Gasteiger partial charge in [0.15, 0.2) is 0 Å². The third kappa shape index (κ3) is 1.41. The Balaban J connectivity index is 2.47. The molecule has 0 amide bonds. The average Bonchev–Trinajstić information content (AvgIpc) is 2.69. The number of benzene rings is 1. The van der Waals surface area contributed by atoms with Gasteiger partial charge < -0.3 is 0 Å². The van der Waals surface area contributed by atoms with Gasteiger partial charge in [-0.1, -0.05) is 29.8 Å². The van der Waals surface area contributed by atoms with Crippen LogP contribution >= 0.6 is 22.9 Å². The molecule has 74 valence electrons. The van der Waals surface area contributed by atoms with E-state index < -0.39 is 0 Å². The molecule has 0 bridgehead atoms. The monoisotopic (exact) mass is 233 g/mol. The highest BCUT2D eigenvalue weighted by Crippen LogP contribution is 2.26. The maximum absolute atomic E-state index is 6.39. The van der Waals surface area contributed by atoms with Gasteiger partial charge in [-0.15, -0.1) is 11.3 Å². The van der Waals surface area contributed by atoms with E-state index in [2.05, 4.69) is 16.4 Å². The molecule has 0 fully saturated rings. The predicted molar refractivity (Wildman–Crippen MR) is 63.6 cm³/mol. The Bertz CT molecular complexity index is 627. The molecule has 0 saturated heterocycles. The number of nitrogens with zero attached hydrogens (tertiary/aromatic N) is 1. The van der Waals surface area contributed by atoms with Gasteiger partial charge in [-0.25, -0.2) is 0 Å². The van der Waals surface area contributed by atoms with Crippen LogP contribution in [0.15, 0.2) is 40.7 Å². The molecular weight excluding hydrogens is 226 g/mol. The van der Waals surface area contributed by atoms with Crippen molar-refractivity contribution in [1.29, 1.82) is 0 Å². The van der Waals surface area contributed by atoms with Crippen molar-refractivity contribution < 1.29 is 0 Å². The summed E-state index contributed by atoms with van der Waals surface area (Å²) < 4.78 is 0. The van der Waals surface area contributed by atoms with Crippen molar-refractivity contribution in [3.8, 4) is 0 Å². The van der Waals surface area contributed by atoms with Crippen LogP contribution in [-0.2, 0) is 6.54 Å². The van der Waals surface area contributed by atoms with Gasteiger partial charge in [-0.05, 0) is 17.5 Å². The zero-order valence-corrected chi connectivity index (χ0v) is 9.48. The lowest BCUT2D eigenvalue weighted by Crippen LogP contribution is -2.25. The van der Waals surface area contributed by atoms with Crippen molar-refractivity contribution in [2.24, 2.45) is 4.99 Å². The molecule has 0 aliphatic carbocycles. The Morgan fingerprint density at radius 2 is 2.07 bits per heavy atom. The topological polar surface area (TPSA) is 12.4 Å². The minimum Gasteiger partial charge on any atom is -0.279 e. The highest BCUT2D eigenvalue weighted by molar-refractivity contribution is 7.10. The van der Waals surface area contributed by atoms with Crippen LogP contribution in [0.25, 0.3) is 5.03 Å². The second-order valence-electron chi connectivity index (χ2n) is 3.40. The first kappa shape index (κ1) is 9.13. The van der Waals surface area contributed by atoms with Crippen molar-refractivity contribution in [2.75, 3.05) is 0 Å². The lowest BCUT2D eigenvalue weighted by Gasteiger charge is -1.95. The quantitative estimate of drug-likeness (QED) is 0.662. The summed E-state index contributed by atoms with van der Waals surface area (Å²) in [5.41, 5.74) is 1.13. The van der Waals surface area contributed by atoms with Crippen LogP contribution in [0.4, 0.5) is 0 Å². The molecule has 0 spiro atoms. The van der Waals surface area contributed by atoms with Gasteiger partial charge in [-0.2, -0.15) is 0 Å². The summed E-state index contributed by atoms with van der Waals surface area (Å²) >= 11 is 8.10. The van der Waals surface area contributed by atoms with E-state index in [9.17, 15) is 0 Å². The molecule has 0 N–H and O–H groups in total. The van der Waals surface area contributed by atoms with E-state index in [0.29, 0.717) is 0 Å². The van der Waals surface area contributed by atoms with Gasteiger partial charge in [-0.3, -0.25) is 4.99 Å². The van der Waals surface area contributed by atoms with Crippen molar-refractivity contribution in [3.05, 3.63) is 56.7 Å². The van der Waals surface area contributed by atoms with E-state index in [1.807, 2.05) is 24.3 Å². The summed E-state index contributed by atoms with van der Waals surface area (Å²) in [5.74, 6) is 0. The van der Waals surface area contributed by atoms with E-state index in [0.717, 1.165) is 27.7 Å². The van der Waals surface area contributed by atoms with E-state index in [1.54, 1.807) is 11.3 Å². The van der Waals surface area contributed by atoms with Crippen LogP contribution < -0.4 is 10.6 Å². The SMILES string of the molecule is ClC1=c2ccccc2=NCc2sccc21. The first-order valence-corrected chi connectivity index (χ1v) is 5.98. The van der Waals surface area contributed by atoms with Crippen LogP contribution in [0.3, 0.4) is 0 Å². The minimum absolute atomic E-state index is 0.736. The number of hydrogen-bond donors (Lipinski definition) is 0. The molecule has 2 aromatic rings. The summed E-state index contributed by atoms with van der Waals surface area (Å²) in [5, 5.41) is 4.92. The summed E-state index contributed by atoms with van der Waals surface area (Å²) in [7, 11) is 0. The smallest absolute Gasteiger partial charge is 0.0746 e. The van der Waals surface area contributed by atoms with Crippen molar-refractivity contribution in [3.63, 3.8) is 0 Å². The fourth-order valence-electron chi connectivity index (χ4n) is 1.76. The number of rotatable bonds is 0. The number of fused-ring (bicyclic) bond motifs is 2. The standard InChI is InChI=1S/C12H8ClNS/c13-12-8-3-1-2-4-10(8)14-7-11-9(12)5-6-15-11/h1-6H,7H2. The van der Waals surface area contributed by atoms with E-state index in [-0.39, 0.29) is 0 Å². The van der Waals surface area contributed by atoms with Crippen LogP contribution in [0.2, 0.25) is 0 Å². The lowest BCUT2D eigenvalue weighted by atomic mass is 10.2. The Kier molecular flexibility index (Phi) is 2.11. The Hall–Kier alpha value is -1.12. The van der Waals surface area contributed by atoms with Gasteiger partial charge >= 0.3 is 0 Å². The maximum atomic E-state index is 6.39. The minimum atomic E-state index is 0.736. The zero-order valence-electron chi connectivity index (χ0n) is 7.90. The van der Waals surface area contributed by atoms with Gasteiger partial charge in [0, 0.05) is 15.7 Å². The Morgan fingerprint density at radius 1 is 1.20 bits per heavy atom. The number of hydrogen-bond acceptors (Lipinski definition) is 2. The molecule has 0 unspecified atom stereocenters. The molecule has 1 aromatic carbocycles. The summed E-state index contributed by atoms with van der Waals surface area (Å²) in [6, 6.07) is 10.1. The predicted octanol–water partition coefficient (Wildman–Crippen LogP) is 2.28. The second kappa shape index (κ2) is 3.47. The lowest BCUT2D eigenvalue weighted by molar-refractivity contribution is 1.03. The van der Waals surface area contributed by atoms with E-state index >= 15 is 0 Å². The molecule has 1 aromatic heterocycles. The largest absolute Gasteiger partial charge is 0.279 e. The Labute approximate surface area is 96.4 Å². The highest BCUT2D eigenvalue weighted by atomic mass is 35.5. The Morgan fingerprint density at radius 3 is 3.00 bits per heavy atom. The van der Waals surface area contributed by atoms with Gasteiger partial charge in [0.05, 0.1) is 16.9 Å². The average molecular weight is 234 g/mol. The molecule has 1 aliphatic heterocycles. The van der Waals surface area contributed by atoms with Crippen molar-refractivity contribution in [1.82, 2.24) is 0 Å². The van der Waals surface area contributed by atoms with Crippen LogP contribution in [0, 0.1) is 0 Å². The van der Waals surface area contributed by atoms with Crippen molar-refractivity contribution >= 4 is 28.0 Å². The first-order chi connectivity index (χ1) is 7.36. The van der Waals surface area contributed by atoms with Crippen molar-refractivity contribution in [2.45, 2.75) is 6.54 Å². The molecule has 2 heterocycles. The van der Waals surface area contributed by atoms with Crippen LogP contribution in [0.1, 0.15) is 10.4 Å². The highest BCUT2D eigenvalue weighted by Gasteiger charge is 2.10. The molecule has 0 atom stereocenters. The maximum Gasteiger partial charge on any atom is 0.0746 e. The number of para-hydroxylation sites is 1. The molecule has 0 saturated carbocycles. The van der Waals surface area contributed by atoms with E-state index in [1.165, 1.54) is 4.88 Å². The fourth-order valence-corrected chi connectivity index (χ4v) is 2.96. The zero-order chi connectivity index (χ0) is 10.3. The van der Waals surface area contributed by atoms with Gasteiger partial charge in [0.1, 0.15) is 0 Å². The molecule has 1 nitrogen and oxygen atoms in total. The summed E-state index contributed by atoms with van der Waals surface area (Å²) in [4.78, 5) is 5.80. The fraction of sp³-hybridized carbons (Fsp3) is 0.0833. The molecule has 0 radical (unpaired) electrons. The molecule has 3 heteroatoms. The third-order valence-electron chi connectivity index (χ3n) is 2.52. The number of halogens is 1. The second-order valence-corrected chi connectivity index (χ2v) is 4.78. The number of thiophene rings is 1.